The van der Waals surface area contributed by atoms with Gasteiger partial charge in [0, 0.05) is 25.0 Å². The summed E-state index contributed by atoms with van der Waals surface area (Å²) >= 11 is 0. The number of amides is 1. The fourth-order valence-corrected chi connectivity index (χ4v) is 1.93. The first-order valence-corrected chi connectivity index (χ1v) is 5.59. The van der Waals surface area contributed by atoms with E-state index in [1.165, 1.54) is 0 Å². The molecule has 0 aromatic heterocycles. The summed E-state index contributed by atoms with van der Waals surface area (Å²) in [5.74, 6) is -1.05. The average Bonchev–Trinajstić information content (AvgIpc) is 2.67. The molecule has 0 aliphatic carbocycles. The minimum absolute atomic E-state index is 0.0213. The van der Waals surface area contributed by atoms with Gasteiger partial charge in [0.15, 0.2) is 0 Å². The second kappa shape index (κ2) is 4.66. The van der Waals surface area contributed by atoms with Crippen LogP contribution in [0, 0.1) is 0 Å². The number of carboxylic acid groups (broad SMARTS) is 1. The first-order valence-electron chi connectivity index (χ1n) is 5.59. The van der Waals surface area contributed by atoms with Crippen molar-refractivity contribution in [3.8, 4) is 0 Å². The van der Waals surface area contributed by atoms with Crippen LogP contribution in [0.1, 0.15) is 5.56 Å². The van der Waals surface area contributed by atoms with Crippen molar-refractivity contribution < 1.29 is 14.7 Å². The van der Waals surface area contributed by atoms with Crippen LogP contribution in [-0.4, -0.2) is 36.6 Å². The van der Waals surface area contributed by atoms with Gasteiger partial charge in [0.2, 0.25) is 5.91 Å². The SMILES string of the molecule is CN(CC(N)C(=O)O)c1ccc2c(c1)CC(=O)N2. The molecule has 0 saturated heterocycles. The third kappa shape index (κ3) is 2.43. The smallest absolute Gasteiger partial charge is 0.322 e. The second-order valence-corrected chi connectivity index (χ2v) is 4.39. The molecule has 1 amide bonds. The van der Waals surface area contributed by atoms with E-state index in [1.807, 2.05) is 18.2 Å². The monoisotopic (exact) mass is 249 g/mol. The van der Waals surface area contributed by atoms with Crippen molar-refractivity contribution in [3.05, 3.63) is 23.8 Å². The maximum absolute atomic E-state index is 11.2. The van der Waals surface area contributed by atoms with Crippen molar-refractivity contribution in [2.75, 3.05) is 23.8 Å². The van der Waals surface area contributed by atoms with Gasteiger partial charge in [-0.25, -0.2) is 0 Å². The molecule has 18 heavy (non-hydrogen) atoms. The van der Waals surface area contributed by atoms with Crippen LogP contribution in [0.25, 0.3) is 0 Å². The van der Waals surface area contributed by atoms with Crippen molar-refractivity contribution >= 4 is 23.3 Å². The summed E-state index contributed by atoms with van der Waals surface area (Å²) in [5, 5.41) is 11.5. The molecule has 4 N–H and O–H groups in total. The number of carbonyl (C=O) groups is 2. The van der Waals surface area contributed by atoms with Crippen LogP contribution in [0.3, 0.4) is 0 Å². The van der Waals surface area contributed by atoms with E-state index in [1.54, 1.807) is 11.9 Å². The van der Waals surface area contributed by atoms with Gasteiger partial charge in [0.05, 0.1) is 6.42 Å². The summed E-state index contributed by atoms with van der Waals surface area (Å²) < 4.78 is 0. The van der Waals surface area contributed by atoms with E-state index >= 15 is 0 Å². The van der Waals surface area contributed by atoms with Crippen molar-refractivity contribution in [1.82, 2.24) is 0 Å². The highest BCUT2D eigenvalue weighted by Crippen LogP contribution is 2.27. The third-order valence-corrected chi connectivity index (χ3v) is 2.94. The predicted molar refractivity (Wildman–Crippen MR) is 67.7 cm³/mol. The topological polar surface area (TPSA) is 95.7 Å². The van der Waals surface area contributed by atoms with Crippen LogP contribution in [0.4, 0.5) is 11.4 Å². The fourth-order valence-electron chi connectivity index (χ4n) is 1.93. The van der Waals surface area contributed by atoms with Gasteiger partial charge < -0.3 is 21.1 Å². The van der Waals surface area contributed by atoms with Gasteiger partial charge in [-0.15, -0.1) is 0 Å². The van der Waals surface area contributed by atoms with E-state index in [0.29, 0.717) is 6.42 Å². The van der Waals surface area contributed by atoms with Crippen molar-refractivity contribution in [2.24, 2.45) is 5.73 Å². The molecule has 1 heterocycles. The minimum Gasteiger partial charge on any atom is -0.480 e. The lowest BCUT2D eigenvalue weighted by Crippen LogP contribution is -2.41. The lowest BCUT2D eigenvalue weighted by molar-refractivity contribution is -0.138. The molecular weight excluding hydrogens is 234 g/mol. The molecule has 0 bridgehead atoms. The molecule has 1 aromatic rings. The molecule has 0 spiro atoms. The molecule has 6 heteroatoms. The molecule has 96 valence electrons. The molecule has 6 nitrogen and oxygen atoms in total. The average molecular weight is 249 g/mol. The van der Waals surface area contributed by atoms with E-state index < -0.39 is 12.0 Å². The van der Waals surface area contributed by atoms with E-state index in [2.05, 4.69) is 5.32 Å². The van der Waals surface area contributed by atoms with E-state index in [-0.39, 0.29) is 12.5 Å². The number of hydrogen-bond acceptors (Lipinski definition) is 4. The number of nitrogens with two attached hydrogens (primary N) is 1. The molecular formula is C12H15N3O3. The maximum atomic E-state index is 11.2. The molecule has 1 aromatic carbocycles. The lowest BCUT2D eigenvalue weighted by Gasteiger charge is -2.21. The second-order valence-electron chi connectivity index (χ2n) is 4.39. The molecule has 1 aliphatic rings. The van der Waals surface area contributed by atoms with Crippen LogP contribution in [0.5, 0.6) is 0 Å². The Balaban J connectivity index is 2.12. The highest BCUT2D eigenvalue weighted by Gasteiger charge is 2.19. The number of nitrogens with one attached hydrogen (secondary N) is 1. The van der Waals surface area contributed by atoms with Gasteiger partial charge in [-0.1, -0.05) is 0 Å². The highest BCUT2D eigenvalue weighted by molar-refractivity contribution is 5.99. The summed E-state index contributed by atoms with van der Waals surface area (Å²) in [6, 6.07) is 4.60. The normalized spacial score (nSPS) is 14.9. The number of likely N-dealkylation sites (N-methyl/N-ethyl adjacent to an activating group) is 1. The number of carboxylic acids is 1. The summed E-state index contributed by atoms with van der Waals surface area (Å²) in [4.78, 5) is 23.7. The number of rotatable bonds is 4. The molecule has 1 aliphatic heterocycles. The Morgan fingerprint density at radius 1 is 1.61 bits per heavy atom. The molecule has 1 atom stereocenters. The van der Waals surface area contributed by atoms with Gasteiger partial charge in [0.25, 0.3) is 0 Å². The highest BCUT2D eigenvalue weighted by atomic mass is 16.4. The van der Waals surface area contributed by atoms with Gasteiger partial charge in [-0.3, -0.25) is 9.59 Å². The Bertz CT molecular complexity index is 501. The summed E-state index contributed by atoms with van der Waals surface area (Å²) in [7, 11) is 1.77. The number of nitrogens with zero attached hydrogens (tertiary/aromatic N) is 1. The number of anilines is 2. The third-order valence-electron chi connectivity index (χ3n) is 2.94. The van der Waals surface area contributed by atoms with Gasteiger partial charge in [-0.2, -0.15) is 0 Å². The van der Waals surface area contributed by atoms with E-state index in [4.69, 9.17) is 10.8 Å². The number of hydrogen-bond donors (Lipinski definition) is 3. The van der Waals surface area contributed by atoms with Crippen LogP contribution >= 0.6 is 0 Å². The van der Waals surface area contributed by atoms with E-state index in [0.717, 1.165) is 16.9 Å². The van der Waals surface area contributed by atoms with Gasteiger partial charge >= 0.3 is 5.97 Å². The van der Waals surface area contributed by atoms with Crippen LogP contribution in [0.2, 0.25) is 0 Å². The molecule has 0 radical (unpaired) electrons. The van der Waals surface area contributed by atoms with E-state index in [9.17, 15) is 9.59 Å². The predicted octanol–water partition coefficient (Wildman–Crippen LogP) is 0.0293. The van der Waals surface area contributed by atoms with Crippen molar-refractivity contribution in [2.45, 2.75) is 12.5 Å². The van der Waals surface area contributed by atoms with Crippen LogP contribution in [-0.2, 0) is 16.0 Å². The maximum Gasteiger partial charge on any atom is 0.322 e. The van der Waals surface area contributed by atoms with Crippen molar-refractivity contribution in [1.29, 1.82) is 0 Å². The number of fused-ring (bicyclic) bond motifs is 1. The zero-order chi connectivity index (χ0) is 13.3. The Kier molecular flexibility index (Phi) is 3.20. The first kappa shape index (κ1) is 12.4. The fraction of sp³-hybridized carbons (Fsp3) is 0.333. The number of carbonyl (C=O) groups excluding carboxylic acids is 1. The minimum atomic E-state index is -1.03. The van der Waals surface area contributed by atoms with Crippen molar-refractivity contribution in [3.63, 3.8) is 0 Å². The zero-order valence-corrected chi connectivity index (χ0v) is 10.0. The Morgan fingerprint density at radius 3 is 3.00 bits per heavy atom. The first-order chi connectivity index (χ1) is 8.47. The quantitative estimate of drug-likeness (QED) is 0.699. The number of aliphatic carboxylic acids is 1. The zero-order valence-electron chi connectivity index (χ0n) is 10.0. The standard InChI is InChI=1S/C12H15N3O3/c1-15(6-9(13)12(17)18)8-2-3-10-7(4-8)5-11(16)14-10/h2-4,9H,5-6,13H2,1H3,(H,14,16)(H,17,18). The molecule has 2 rings (SSSR count). The lowest BCUT2D eigenvalue weighted by atomic mass is 10.1. The Labute approximate surface area is 104 Å². The number of benzene rings is 1. The molecule has 0 fully saturated rings. The molecule has 0 saturated carbocycles. The van der Waals surface area contributed by atoms with Gasteiger partial charge in [-0.05, 0) is 23.8 Å². The van der Waals surface area contributed by atoms with Crippen LogP contribution in [0.15, 0.2) is 18.2 Å². The summed E-state index contributed by atoms with van der Waals surface area (Å²) in [6.07, 6.45) is 0.363. The summed E-state index contributed by atoms with van der Waals surface area (Å²) in [5.41, 5.74) is 8.07. The molecule has 1 unspecified atom stereocenters. The summed E-state index contributed by atoms with van der Waals surface area (Å²) in [6.45, 7) is 0.218. The van der Waals surface area contributed by atoms with Gasteiger partial charge in [0.1, 0.15) is 6.04 Å². The largest absolute Gasteiger partial charge is 0.480 e. The Morgan fingerprint density at radius 2 is 2.33 bits per heavy atom. The van der Waals surface area contributed by atoms with Crippen LogP contribution < -0.4 is 16.0 Å². The Hall–Kier alpha value is -2.08.